The van der Waals surface area contributed by atoms with Crippen LogP contribution in [0.4, 0.5) is 0 Å². The number of pyridine rings is 1. The highest BCUT2D eigenvalue weighted by Crippen LogP contribution is 2.17. The molecule has 7 nitrogen and oxygen atoms in total. The van der Waals surface area contributed by atoms with Gasteiger partial charge < -0.3 is 4.74 Å². The smallest absolute Gasteiger partial charge is 0.333 e. The van der Waals surface area contributed by atoms with Crippen LogP contribution in [0.15, 0.2) is 21.9 Å². The van der Waals surface area contributed by atoms with E-state index in [2.05, 4.69) is 4.98 Å². The van der Waals surface area contributed by atoms with E-state index >= 15 is 0 Å². The second kappa shape index (κ2) is 4.33. The third-order valence-corrected chi connectivity index (χ3v) is 2.64. The molecule has 0 saturated heterocycles. The summed E-state index contributed by atoms with van der Waals surface area (Å²) < 4.78 is 7.16. The summed E-state index contributed by atoms with van der Waals surface area (Å²) in [7, 11) is 2.92. The number of aryl methyl sites for hydroxylation is 1. The molecule has 0 aliphatic carbocycles. The van der Waals surface area contributed by atoms with Crippen LogP contribution in [0.5, 0.6) is 5.75 Å². The van der Waals surface area contributed by atoms with E-state index in [0.29, 0.717) is 5.75 Å². The Labute approximate surface area is 101 Å². The largest absolute Gasteiger partial charge is 0.496 e. The van der Waals surface area contributed by atoms with Crippen LogP contribution in [0.2, 0.25) is 0 Å². The van der Waals surface area contributed by atoms with Crippen LogP contribution < -0.4 is 16.0 Å². The van der Waals surface area contributed by atoms with Gasteiger partial charge in [0.25, 0.3) is 5.56 Å². The van der Waals surface area contributed by atoms with Crippen molar-refractivity contribution in [3.8, 4) is 11.8 Å². The van der Waals surface area contributed by atoms with Gasteiger partial charge in [-0.3, -0.25) is 9.36 Å². The van der Waals surface area contributed by atoms with E-state index in [1.807, 2.05) is 0 Å². The predicted octanol–water partition coefficient (Wildman–Crippen LogP) is -0.373. The summed E-state index contributed by atoms with van der Waals surface area (Å²) >= 11 is 0. The molecular formula is C11H10N4O3. The maximum absolute atomic E-state index is 12.1. The van der Waals surface area contributed by atoms with Crippen molar-refractivity contribution in [3.63, 3.8) is 0 Å². The lowest BCUT2D eigenvalue weighted by molar-refractivity contribution is 0.418. The van der Waals surface area contributed by atoms with Gasteiger partial charge in [0, 0.05) is 13.2 Å². The molecule has 92 valence electrons. The molecule has 0 unspecified atom stereocenters. The monoisotopic (exact) mass is 246 g/mol. The van der Waals surface area contributed by atoms with Crippen LogP contribution >= 0.6 is 0 Å². The number of rotatable bonds is 2. The van der Waals surface area contributed by atoms with Gasteiger partial charge >= 0.3 is 5.69 Å². The number of hydrogen-bond acceptors (Lipinski definition) is 5. The molecule has 0 aliphatic rings. The molecule has 0 saturated carbocycles. The van der Waals surface area contributed by atoms with Crippen molar-refractivity contribution in [1.29, 1.82) is 5.26 Å². The lowest BCUT2D eigenvalue weighted by atomic mass is 10.3. The van der Waals surface area contributed by atoms with E-state index < -0.39 is 11.2 Å². The molecule has 2 rings (SSSR count). The third-order valence-electron chi connectivity index (χ3n) is 2.64. The summed E-state index contributed by atoms with van der Waals surface area (Å²) in [5.41, 5.74) is -0.909. The van der Waals surface area contributed by atoms with Crippen molar-refractivity contribution < 1.29 is 4.74 Å². The van der Waals surface area contributed by atoms with Gasteiger partial charge in [-0.1, -0.05) is 0 Å². The van der Waals surface area contributed by atoms with Gasteiger partial charge in [-0.15, -0.1) is 0 Å². The Balaban J connectivity index is 3.05. The molecule has 0 aromatic carbocycles. The fraction of sp³-hybridized carbons (Fsp3) is 0.273. The molecule has 0 spiro atoms. The standard InChI is InChI=1S/C11H10N4O3/c1-14-9-8(7(18-2)3-5-13-9)10(16)15(6-4-12)11(14)17/h3,5H,6H2,1-2H3. The average molecular weight is 246 g/mol. The minimum Gasteiger partial charge on any atom is -0.496 e. The Bertz CT molecular complexity index is 767. The van der Waals surface area contributed by atoms with Gasteiger partial charge in [-0.05, 0) is 6.07 Å². The number of nitriles is 1. The van der Waals surface area contributed by atoms with E-state index in [9.17, 15) is 9.59 Å². The zero-order valence-electron chi connectivity index (χ0n) is 9.88. The van der Waals surface area contributed by atoms with E-state index in [4.69, 9.17) is 10.00 Å². The summed E-state index contributed by atoms with van der Waals surface area (Å²) in [5, 5.41) is 8.85. The summed E-state index contributed by atoms with van der Waals surface area (Å²) in [6, 6.07) is 3.32. The van der Waals surface area contributed by atoms with E-state index in [-0.39, 0.29) is 17.6 Å². The summed E-state index contributed by atoms with van der Waals surface area (Å²) in [6.45, 7) is -0.306. The molecular weight excluding hydrogens is 236 g/mol. The van der Waals surface area contributed by atoms with Crippen LogP contribution in [0, 0.1) is 11.3 Å². The summed E-state index contributed by atoms with van der Waals surface area (Å²) in [5.74, 6) is 0.326. The minimum atomic E-state index is -0.574. The number of hydrogen-bond donors (Lipinski definition) is 0. The minimum absolute atomic E-state index is 0.192. The number of nitrogens with zero attached hydrogens (tertiary/aromatic N) is 4. The molecule has 2 aromatic heterocycles. The van der Waals surface area contributed by atoms with Crippen LogP contribution in [0.3, 0.4) is 0 Å². The first-order chi connectivity index (χ1) is 8.61. The Kier molecular flexibility index (Phi) is 2.85. The zero-order valence-corrected chi connectivity index (χ0v) is 9.88. The van der Waals surface area contributed by atoms with Crippen molar-refractivity contribution in [2.45, 2.75) is 6.54 Å². The van der Waals surface area contributed by atoms with Gasteiger partial charge in [0.2, 0.25) is 0 Å². The second-order valence-corrected chi connectivity index (χ2v) is 3.60. The number of ether oxygens (including phenoxy) is 1. The highest BCUT2D eigenvalue weighted by molar-refractivity contribution is 5.80. The fourth-order valence-corrected chi connectivity index (χ4v) is 1.76. The van der Waals surface area contributed by atoms with Crippen molar-refractivity contribution in [2.24, 2.45) is 7.05 Å². The summed E-state index contributed by atoms with van der Waals surface area (Å²) in [4.78, 5) is 28.0. The van der Waals surface area contributed by atoms with Crippen molar-refractivity contribution in [1.82, 2.24) is 14.1 Å². The van der Waals surface area contributed by atoms with Crippen LogP contribution in [-0.4, -0.2) is 21.2 Å². The molecule has 0 amide bonds. The Morgan fingerprint density at radius 3 is 2.83 bits per heavy atom. The Morgan fingerprint density at radius 2 is 2.22 bits per heavy atom. The number of methoxy groups -OCH3 is 1. The molecule has 0 bridgehead atoms. The third kappa shape index (κ3) is 1.55. The molecule has 2 heterocycles. The lowest BCUT2D eigenvalue weighted by Crippen LogP contribution is -2.39. The first-order valence-corrected chi connectivity index (χ1v) is 5.11. The predicted molar refractivity (Wildman–Crippen MR) is 63.4 cm³/mol. The fourth-order valence-electron chi connectivity index (χ4n) is 1.76. The van der Waals surface area contributed by atoms with Gasteiger partial charge in [-0.25, -0.2) is 14.3 Å². The molecule has 0 fully saturated rings. The van der Waals surface area contributed by atoms with Gasteiger partial charge in [0.1, 0.15) is 17.7 Å². The van der Waals surface area contributed by atoms with Crippen molar-refractivity contribution in [3.05, 3.63) is 33.1 Å². The Hall–Kier alpha value is -2.62. The maximum Gasteiger partial charge on any atom is 0.333 e. The quantitative estimate of drug-likeness (QED) is 0.721. The summed E-state index contributed by atoms with van der Waals surface area (Å²) in [6.07, 6.45) is 1.45. The van der Waals surface area contributed by atoms with Gasteiger partial charge in [0.15, 0.2) is 5.65 Å². The molecule has 18 heavy (non-hydrogen) atoms. The van der Waals surface area contributed by atoms with Crippen molar-refractivity contribution in [2.75, 3.05) is 7.11 Å². The number of fused-ring (bicyclic) bond motifs is 1. The van der Waals surface area contributed by atoms with Crippen molar-refractivity contribution >= 4 is 11.0 Å². The SMILES string of the molecule is COc1ccnc2c1c(=O)n(CC#N)c(=O)n2C. The van der Waals surface area contributed by atoms with E-state index in [0.717, 1.165) is 4.57 Å². The van der Waals surface area contributed by atoms with Gasteiger partial charge in [-0.2, -0.15) is 5.26 Å². The highest BCUT2D eigenvalue weighted by atomic mass is 16.5. The zero-order chi connectivity index (χ0) is 13.3. The molecule has 2 aromatic rings. The normalized spacial score (nSPS) is 10.3. The van der Waals surface area contributed by atoms with Gasteiger partial charge in [0.05, 0.1) is 13.2 Å². The molecule has 0 radical (unpaired) electrons. The average Bonchev–Trinajstić information content (AvgIpc) is 2.40. The molecule has 7 heteroatoms. The number of aromatic nitrogens is 3. The topological polar surface area (TPSA) is 89.9 Å². The lowest BCUT2D eigenvalue weighted by Gasteiger charge is -2.09. The Morgan fingerprint density at radius 1 is 1.50 bits per heavy atom. The molecule has 0 aliphatic heterocycles. The second-order valence-electron chi connectivity index (χ2n) is 3.60. The van der Waals surface area contributed by atoms with E-state index in [1.54, 1.807) is 6.07 Å². The maximum atomic E-state index is 12.1. The van der Waals surface area contributed by atoms with Crippen LogP contribution in [-0.2, 0) is 13.6 Å². The first kappa shape index (κ1) is 11.9. The van der Waals surface area contributed by atoms with E-state index in [1.165, 1.54) is 31.0 Å². The first-order valence-electron chi connectivity index (χ1n) is 5.11. The molecule has 0 N–H and O–H groups in total. The highest BCUT2D eigenvalue weighted by Gasteiger charge is 2.15. The molecule has 0 atom stereocenters. The van der Waals surface area contributed by atoms with Crippen LogP contribution in [0.1, 0.15) is 0 Å². The van der Waals surface area contributed by atoms with Crippen LogP contribution in [0.25, 0.3) is 11.0 Å².